The van der Waals surface area contributed by atoms with Crippen LogP contribution in [0.5, 0.6) is 0 Å². The van der Waals surface area contributed by atoms with Gasteiger partial charge in [-0.3, -0.25) is 14.9 Å². The summed E-state index contributed by atoms with van der Waals surface area (Å²) in [6, 6.07) is 23.9. The first kappa shape index (κ1) is 28.7. The number of hydrogen-bond acceptors (Lipinski definition) is 6. The van der Waals surface area contributed by atoms with Crippen LogP contribution < -0.4 is 10.6 Å². The highest BCUT2D eigenvalue weighted by molar-refractivity contribution is 7.94. The Morgan fingerprint density at radius 1 is 0.951 bits per heavy atom. The molecule has 2 heterocycles. The second-order valence-corrected chi connectivity index (χ2v) is 12.2. The summed E-state index contributed by atoms with van der Waals surface area (Å²) in [6.07, 6.45) is 3.14. The molecule has 2 aliphatic rings. The lowest BCUT2D eigenvalue weighted by Crippen LogP contribution is -2.55. The molecule has 0 saturated carbocycles. The van der Waals surface area contributed by atoms with E-state index in [4.69, 9.17) is 4.74 Å². The van der Waals surface area contributed by atoms with Crippen molar-refractivity contribution in [1.29, 1.82) is 0 Å². The van der Waals surface area contributed by atoms with E-state index in [1.54, 1.807) is 41.3 Å². The van der Waals surface area contributed by atoms with E-state index in [0.29, 0.717) is 45.6 Å². The predicted octanol–water partition coefficient (Wildman–Crippen LogP) is 3.21. The lowest BCUT2D eigenvalue weighted by molar-refractivity contribution is -0.138. The van der Waals surface area contributed by atoms with E-state index in [-0.39, 0.29) is 16.7 Å². The van der Waals surface area contributed by atoms with Crippen molar-refractivity contribution in [2.24, 2.45) is 0 Å². The van der Waals surface area contributed by atoms with Crippen LogP contribution in [-0.2, 0) is 37.0 Å². The molecule has 214 valence electrons. The maximum atomic E-state index is 13.7. The fourth-order valence-electron chi connectivity index (χ4n) is 5.26. The number of rotatable bonds is 9. The number of sulfone groups is 1. The summed E-state index contributed by atoms with van der Waals surface area (Å²) in [6.45, 7) is 2.01. The van der Waals surface area contributed by atoms with Gasteiger partial charge in [0.25, 0.3) is 0 Å². The van der Waals surface area contributed by atoms with Crippen LogP contribution in [0.3, 0.4) is 0 Å². The molecule has 0 radical (unpaired) electrons. The number of nitrogens with zero attached hydrogens (tertiary/aromatic N) is 1. The van der Waals surface area contributed by atoms with E-state index >= 15 is 0 Å². The van der Waals surface area contributed by atoms with Crippen LogP contribution >= 0.6 is 0 Å². The zero-order chi connectivity index (χ0) is 28.7. The molecule has 1 unspecified atom stereocenters. The van der Waals surface area contributed by atoms with Crippen molar-refractivity contribution in [3.05, 3.63) is 113 Å². The average Bonchev–Trinajstić information content (AvgIpc) is 3.02. The van der Waals surface area contributed by atoms with Gasteiger partial charge in [-0.15, -0.1) is 0 Å². The van der Waals surface area contributed by atoms with Gasteiger partial charge >= 0.3 is 0 Å². The zero-order valence-electron chi connectivity index (χ0n) is 22.8. The fourth-order valence-corrected chi connectivity index (χ4v) is 6.35. The van der Waals surface area contributed by atoms with E-state index in [9.17, 15) is 18.0 Å². The lowest BCUT2D eigenvalue weighted by Gasteiger charge is -2.36. The van der Waals surface area contributed by atoms with Crippen molar-refractivity contribution in [3.63, 3.8) is 0 Å². The Kier molecular flexibility index (Phi) is 9.28. The minimum atomic E-state index is -3.68. The summed E-state index contributed by atoms with van der Waals surface area (Å²) in [7, 11) is -3.68. The second-order valence-electron chi connectivity index (χ2n) is 10.3. The molecule has 2 amide bonds. The molecule has 3 atom stereocenters. The maximum Gasteiger partial charge on any atom is 0.244 e. The summed E-state index contributed by atoms with van der Waals surface area (Å²) in [4.78, 5) is 29.1. The van der Waals surface area contributed by atoms with Gasteiger partial charge in [-0.1, -0.05) is 78.9 Å². The number of fused-ring (bicyclic) bond motifs is 1. The first-order valence-corrected chi connectivity index (χ1v) is 15.5. The average molecular weight is 574 g/mol. The van der Waals surface area contributed by atoms with Crippen molar-refractivity contribution in [2.75, 3.05) is 26.3 Å². The van der Waals surface area contributed by atoms with Crippen LogP contribution in [-0.4, -0.2) is 63.5 Å². The third-order valence-electron chi connectivity index (χ3n) is 7.52. The minimum Gasteiger partial charge on any atom is -0.378 e. The number of carbonyl (C=O) groups is 2. The largest absolute Gasteiger partial charge is 0.378 e. The molecule has 2 aliphatic heterocycles. The van der Waals surface area contributed by atoms with Gasteiger partial charge in [0.15, 0.2) is 9.84 Å². The second kappa shape index (κ2) is 13.2. The van der Waals surface area contributed by atoms with Crippen LogP contribution in [0.2, 0.25) is 0 Å². The third kappa shape index (κ3) is 7.30. The van der Waals surface area contributed by atoms with E-state index in [1.807, 2.05) is 54.6 Å². The van der Waals surface area contributed by atoms with Crippen molar-refractivity contribution in [2.45, 2.75) is 42.3 Å². The smallest absolute Gasteiger partial charge is 0.244 e. The van der Waals surface area contributed by atoms with Gasteiger partial charge in [-0.05, 0) is 48.1 Å². The maximum absolute atomic E-state index is 13.7. The highest BCUT2D eigenvalue weighted by Crippen LogP contribution is 2.27. The van der Waals surface area contributed by atoms with Gasteiger partial charge in [0.2, 0.25) is 11.8 Å². The van der Waals surface area contributed by atoms with Crippen molar-refractivity contribution < 1.29 is 22.7 Å². The van der Waals surface area contributed by atoms with Gasteiger partial charge in [-0.25, -0.2) is 8.42 Å². The predicted molar refractivity (Wildman–Crippen MR) is 157 cm³/mol. The molecule has 0 bridgehead atoms. The molecule has 8 nitrogen and oxygen atoms in total. The SMILES string of the molecule is O=C(NC(C=CS(=O)(=O)c1ccccc1)CCc1ccccc1)[C@@H]1Cc2ccccc2[C@@H](C(=O)N2CCOCC2)N1. The standard InChI is InChI=1S/C32H35N3O5S/c36-31(29-23-25-11-7-8-14-28(25)30(34-29)32(37)35-18-20-40-21-19-35)33-26(16-15-24-9-3-1-4-10-24)17-22-41(38,39)27-12-5-2-6-13-27/h1-14,17,22,26,29-30,34H,15-16,18-21,23H2,(H,33,36)/t26?,29-,30-/m0/s1. The van der Waals surface area contributed by atoms with Crippen LogP contribution in [0.4, 0.5) is 0 Å². The zero-order valence-corrected chi connectivity index (χ0v) is 23.6. The molecule has 1 saturated heterocycles. The Morgan fingerprint density at radius 3 is 2.34 bits per heavy atom. The van der Waals surface area contributed by atoms with Crippen LogP contribution in [0.15, 0.2) is 101 Å². The van der Waals surface area contributed by atoms with Gasteiger partial charge in [0.05, 0.1) is 24.2 Å². The van der Waals surface area contributed by atoms with Gasteiger partial charge in [0.1, 0.15) is 6.04 Å². The topological polar surface area (TPSA) is 105 Å². The Hall–Kier alpha value is -3.79. The number of nitrogens with one attached hydrogen (secondary N) is 2. The number of amides is 2. The van der Waals surface area contributed by atoms with Crippen LogP contribution in [0.1, 0.15) is 29.2 Å². The monoisotopic (exact) mass is 573 g/mol. The first-order valence-electron chi connectivity index (χ1n) is 13.9. The van der Waals surface area contributed by atoms with Crippen molar-refractivity contribution in [3.8, 4) is 0 Å². The molecular formula is C32H35N3O5S. The van der Waals surface area contributed by atoms with Gasteiger partial charge in [-0.2, -0.15) is 0 Å². The summed E-state index contributed by atoms with van der Waals surface area (Å²) >= 11 is 0. The number of benzene rings is 3. The highest BCUT2D eigenvalue weighted by atomic mass is 32.2. The summed E-state index contributed by atoms with van der Waals surface area (Å²) in [5, 5.41) is 7.52. The van der Waals surface area contributed by atoms with Crippen LogP contribution in [0, 0.1) is 0 Å². The Morgan fingerprint density at radius 2 is 1.61 bits per heavy atom. The minimum absolute atomic E-state index is 0.0762. The highest BCUT2D eigenvalue weighted by Gasteiger charge is 2.37. The number of hydrogen-bond donors (Lipinski definition) is 2. The van der Waals surface area contributed by atoms with Crippen LogP contribution in [0.25, 0.3) is 0 Å². The molecule has 0 aliphatic carbocycles. The molecular weight excluding hydrogens is 538 g/mol. The van der Waals surface area contributed by atoms with Crippen molar-refractivity contribution in [1.82, 2.24) is 15.5 Å². The van der Waals surface area contributed by atoms with E-state index in [0.717, 1.165) is 16.7 Å². The summed E-state index contributed by atoms with van der Waals surface area (Å²) < 4.78 is 31.3. The number of carbonyl (C=O) groups excluding carboxylic acids is 2. The first-order chi connectivity index (χ1) is 19.9. The summed E-state index contributed by atoms with van der Waals surface area (Å²) in [5.74, 6) is -0.355. The third-order valence-corrected chi connectivity index (χ3v) is 8.97. The Balaban J connectivity index is 1.34. The molecule has 5 rings (SSSR count). The molecule has 9 heteroatoms. The molecule has 0 aromatic heterocycles. The van der Waals surface area contributed by atoms with E-state index < -0.39 is 28.0 Å². The number of aryl methyl sites for hydroxylation is 1. The number of morpholine rings is 1. The molecule has 3 aromatic rings. The molecule has 41 heavy (non-hydrogen) atoms. The molecule has 1 fully saturated rings. The van der Waals surface area contributed by atoms with Gasteiger partial charge in [0, 0.05) is 24.5 Å². The number of ether oxygens (including phenoxy) is 1. The van der Waals surface area contributed by atoms with E-state index in [1.165, 1.54) is 5.41 Å². The molecule has 3 aromatic carbocycles. The summed E-state index contributed by atoms with van der Waals surface area (Å²) in [5.41, 5.74) is 2.91. The lowest BCUT2D eigenvalue weighted by atomic mass is 9.89. The van der Waals surface area contributed by atoms with Gasteiger partial charge < -0.3 is 15.0 Å². The quantitative estimate of drug-likeness (QED) is 0.408. The van der Waals surface area contributed by atoms with Crippen molar-refractivity contribution >= 4 is 21.7 Å². The Bertz CT molecular complexity index is 1470. The van der Waals surface area contributed by atoms with E-state index in [2.05, 4.69) is 10.6 Å². The normalized spacial score (nSPS) is 19.9. The Labute approximate surface area is 241 Å². The fraction of sp³-hybridized carbons (Fsp3) is 0.312. The molecule has 2 N–H and O–H groups in total. The molecule has 0 spiro atoms.